The van der Waals surface area contributed by atoms with E-state index in [1.54, 1.807) is 0 Å². The van der Waals surface area contributed by atoms with Gasteiger partial charge >= 0.3 is 0 Å². The molecule has 3 nitrogen and oxygen atoms in total. The lowest BCUT2D eigenvalue weighted by molar-refractivity contribution is -0.123. The van der Waals surface area contributed by atoms with Gasteiger partial charge in [-0.25, -0.2) is 0 Å². The van der Waals surface area contributed by atoms with Crippen LogP contribution in [0.1, 0.15) is 42.0 Å². The maximum Gasteiger partial charge on any atom is 0.149 e. The van der Waals surface area contributed by atoms with Crippen LogP contribution in [0.2, 0.25) is 0 Å². The van der Waals surface area contributed by atoms with E-state index in [1.807, 2.05) is 27.7 Å². The van der Waals surface area contributed by atoms with Gasteiger partial charge in [0.25, 0.3) is 0 Å². The van der Waals surface area contributed by atoms with Gasteiger partial charge in [-0.05, 0) is 12.8 Å². The molecule has 0 unspecified atom stereocenters. The fraction of sp³-hybridized carbons (Fsp3) is 0.917. The predicted octanol–water partition coefficient (Wildman–Crippen LogP) is 1.91. The molecule has 0 aliphatic carbocycles. The summed E-state index contributed by atoms with van der Waals surface area (Å²) >= 11 is 0. The minimum Gasteiger partial charge on any atom is -0.328 e. The van der Waals surface area contributed by atoms with E-state index in [0.29, 0.717) is 18.4 Å². The van der Waals surface area contributed by atoms with Crippen molar-refractivity contribution in [3.05, 3.63) is 0 Å². The minimum atomic E-state index is 0. The average molecular weight is 216 g/mol. The predicted molar refractivity (Wildman–Crippen MR) is 67.0 cm³/mol. The molecule has 0 aromatic carbocycles. The maximum absolute atomic E-state index is 11.4. The molecule has 1 aliphatic rings. The van der Waals surface area contributed by atoms with Crippen molar-refractivity contribution in [1.82, 2.24) is 4.90 Å². The number of rotatable bonds is 3. The van der Waals surface area contributed by atoms with Gasteiger partial charge in [0.15, 0.2) is 0 Å². The van der Waals surface area contributed by atoms with Crippen molar-refractivity contribution in [1.29, 1.82) is 0 Å². The Bertz CT molecular complexity index is 178. The monoisotopic (exact) mass is 216 g/mol. The lowest BCUT2D eigenvalue weighted by Crippen LogP contribution is -2.42. The van der Waals surface area contributed by atoms with Crippen LogP contribution in [0.5, 0.6) is 0 Å². The van der Waals surface area contributed by atoms with Gasteiger partial charge in [-0.15, -0.1) is 0 Å². The summed E-state index contributed by atoms with van der Waals surface area (Å²) in [6.07, 6.45) is 2.07. The first-order chi connectivity index (χ1) is 7.09. The van der Waals surface area contributed by atoms with Crippen LogP contribution in [0.4, 0.5) is 0 Å². The number of ketones is 1. The number of Topliss-reactive ketones (excluding diaryl/α,β-unsaturated/α-hetero) is 1. The molecule has 1 fully saturated rings. The average Bonchev–Trinajstić information content (AvgIpc) is 2.24. The van der Waals surface area contributed by atoms with Gasteiger partial charge in [-0.3, -0.25) is 9.69 Å². The zero-order valence-electron chi connectivity index (χ0n) is 10.6. The van der Waals surface area contributed by atoms with E-state index in [9.17, 15) is 4.79 Å². The van der Waals surface area contributed by atoms with Crippen molar-refractivity contribution < 1.29 is 6.22 Å². The van der Waals surface area contributed by atoms with E-state index >= 15 is 0 Å². The van der Waals surface area contributed by atoms with Crippen LogP contribution >= 0.6 is 0 Å². The molecule has 92 valence electrons. The smallest absolute Gasteiger partial charge is 0.149 e. The van der Waals surface area contributed by atoms with Gasteiger partial charge in [0, 0.05) is 26.5 Å². The summed E-state index contributed by atoms with van der Waals surface area (Å²) in [7, 11) is 0. The molecule has 0 aromatic heterocycles. The second kappa shape index (κ2) is 7.83. The van der Waals surface area contributed by atoms with E-state index in [-0.39, 0.29) is 7.34 Å². The zero-order chi connectivity index (χ0) is 11.8. The van der Waals surface area contributed by atoms with Gasteiger partial charge in [0.05, 0.1) is 6.54 Å². The first-order valence-corrected chi connectivity index (χ1v) is 6.10. The highest BCUT2D eigenvalue weighted by Gasteiger charge is 2.18. The molecule has 3 heteroatoms. The highest BCUT2D eigenvalue weighted by molar-refractivity contribution is 5.82. The van der Waals surface area contributed by atoms with Gasteiger partial charge in [-0.2, -0.15) is 0 Å². The van der Waals surface area contributed by atoms with Crippen LogP contribution in [0, 0.1) is 5.92 Å². The molecule has 1 rings (SSSR count). The second-order valence-corrected chi connectivity index (χ2v) is 4.23. The second-order valence-electron chi connectivity index (χ2n) is 4.23. The fourth-order valence-electron chi connectivity index (χ4n) is 1.51. The Labute approximate surface area is 95.5 Å². The third-order valence-electron chi connectivity index (χ3n) is 2.66. The molecule has 0 spiro atoms. The van der Waals surface area contributed by atoms with Crippen molar-refractivity contribution in [3.8, 4) is 0 Å². The number of carbonyl (C=O) groups excluding carboxylic acids is 1. The van der Waals surface area contributed by atoms with Crippen molar-refractivity contribution >= 4 is 5.78 Å². The molecule has 0 aromatic rings. The summed E-state index contributed by atoms with van der Waals surface area (Å²) < 4.78 is 0. The number of likely N-dealkylation sites (tertiary alicyclic amines) is 1. The highest BCUT2D eigenvalue weighted by Crippen LogP contribution is 2.08. The minimum absolute atomic E-state index is 0. The van der Waals surface area contributed by atoms with Crippen LogP contribution in [0.3, 0.4) is 0 Å². The summed E-state index contributed by atoms with van der Waals surface area (Å²) in [5, 5.41) is 0. The first-order valence-electron chi connectivity index (χ1n) is 6.10. The molecule has 0 amide bonds. The molecule has 0 bridgehead atoms. The molecule has 2 N–H and O–H groups in total. The molecular weight excluding hydrogens is 188 g/mol. The Morgan fingerprint density at radius 1 is 1.40 bits per heavy atom. The van der Waals surface area contributed by atoms with Crippen LogP contribution in [0.15, 0.2) is 0 Å². The molecule has 1 saturated heterocycles. The Balaban J connectivity index is 0. The lowest BCUT2D eigenvalue weighted by atomic mass is 10.0. The fourth-order valence-corrected chi connectivity index (χ4v) is 1.51. The third-order valence-corrected chi connectivity index (χ3v) is 2.66. The van der Waals surface area contributed by atoms with Gasteiger partial charge in [-0.1, -0.05) is 27.7 Å². The van der Waals surface area contributed by atoms with Crippen molar-refractivity contribution in [3.63, 3.8) is 0 Å². The molecule has 0 radical (unpaired) electrons. The zero-order valence-corrected chi connectivity index (χ0v) is 10.6. The molecule has 1 heterocycles. The summed E-state index contributed by atoms with van der Waals surface area (Å²) in [4.78, 5) is 13.6. The van der Waals surface area contributed by atoms with Crippen molar-refractivity contribution in [2.75, 3.05) is 19.6 Å². The Morgan fingerprint density at radius 3 is 2.27 bits per heavy atom. The quantitative estimate of drug-likeness (QED) is 0.784. The van der Waals surface area contributed by atoms with Crippen LogP contribution < -0.4 is 5.73 Å². The highest BCUT2D eigenvalue weighted by atomic mass is 16.1. The number of hydrogen-bond acceptors (Lipinski definition) is 3. The Hall–Kier alpha value is -0.410. The van der Waals surface area contributed by atoms with E-state index in [1.165, 1.54) is 0 Å². The Morgan fingerprint density at radius 2 is 1.87 bits per heavy atom. The summed E-state index contributed by atoms with van der Waals surface area (Å²) in [5.41, 5.74) is 5.78. The topological polar surface area (TPSA) is 46.3 Å². The molecule has 1 aliphatic heterocycles. The van der Waals surface area contributed by atoms with E-state index in [0.717, 1.165) is 25.9 Å². The third kappa shape index (κ3) is 5.90. The molecule has 0 saturated carbocycles. The van der Waals surface area contributed by atoms with Crippen molar-refractivity contribution in [2.24, 2.45) is 11.7 Å². The van der Waals surface area contributed by atoms with Gasteiger partial charge in [0.1, 0.15) is 5.78 Å². The van der Waals surface area contributed by atoms with E-state index < -0.39 is 0 Å². The first kappa shape index (κ1) is 14.6. The van der Waals surface area contributed by atoms with Crippen LogP contribution in [0.25, 0.3) is 0 Å². The normalized spacial score (nSPS) is 18.5. The van der Waals surface area contributed by atoms with E-state index in [4.69, 9.17) is 5.73 Å². The lowest BCUT2D eigenvalue weighted by Gasteiger charge is -2.29. The number of hydrogen-bond donors (Lipinski definition) is 1. The number of nitrogens with zero attached hydrogens (tertiary/aromatic N) is 1. The molecule has 15 heavy (non-hydrogen) atoms. The summed E-state index contributed by atoms with van der Waals surface area (Å²) in [6.45, 7) is 10.5. The summed E-state index contributed by atoms with van der Waals surface area (Å²) in [5.74, 6) is 0.506. The number of piperidine rings is 1. The Kier molecular flexibility index (Phi) is 7.61. The SMILES string of the molecule is CC.CC(C)C(=O)CN1CCC(N)CC1.[HH]. The molecular formula is C12H28N2O. The molecule has 0 atom stereocenters. The maximum atomic E-state index is 11.4. The number of nitrogens with two attached hydrogens (primary N) is 1. The van der Waals surface area contributed by atoms with Gasteiger partial charge in [0.2, 0.25) is 0 Å². The van der Waals surface area contributed by atoms with E-state index in [2.05, 4.69) is 4.90 Å². The van der Waals surface area contributed by atoms with Crippen LogP contribution in [-0.2, 0) is 4.79 Å². The van der Waals surface area contributed by atoms with Crippen LogP contribution in [-0.4, -0.2) is 36.4 Å². The van der Waals surface area contributed by atoms with Gasteiger partial charge < -0.3 is 5.73 Å². The largest absolute Gasteiger partial charge is 0.328 e. The number of carbonyl (C=O) groups is 1. The summed E-state index contributed by atoms with van der Waals surface area (Å²) in [6, 6.07) is 0.352. The standard InChI is InChI=1S/C10H20N2O.C2H6.H2/c1-8(2)10(13)7-12-5-3-9(11)4-6-12;1-2;/h8-9H,3-7,11H2,1-2H3;1-2H3;1H. The van der Waals surface area contributed by atoms with Crippen molar-refractivity contribution in [2.45, 2.75) is 46.6 Å².